The minimum Gasteiger partial charge on any atom is -0.462 e. The van der Waals surface area contributed by atoms with E-state index >= 15 is 0 Å². The molecule has 1 unspecified atom stereocenters. The van der Waals surface area contributed by atoms with Crippen molar-refractivity contribution in [3.8, 4) is 10.4 Å². The van der Waals surface area contributed by atoms with E-state index in [1.165, 1.54) is 28.7 Å². The minimum atomic E-state index is -0.410. The zero-order valence-electron chi connectivity index (χ0n) is 18.3. The average Bonchev–Trinajstić information content (AvgIpc) is 3.39. The van der Waals surface area contributed by atoms with Crippen LogP contribution in [-0.4, -0.2) is 33.7 Å². The lowest BCUT2D eigenvalue weighted by molar-refractivity contribution is -0.115. The topological polar surface area (TPSA) is 84.1 Å². The fraction of sp³-hybridized carbons (Fsp3) is 0.240. The second-order valence-corrected chi connectivity index (χ2v) is 10.2. The third kappa shape index (κ3) is 4.16. The standard InChI is InChI=1S/C25H23N3O3S2/c1-3-31-24(30)20-17-13-12-15-8-4-5-9-16(15)21(17)33-23(20)28-22(29)14(2)32-25-26-18-10-6-7-11-19(18)27-25/h4-11,14H,3,12-13H2,1-2H3,(H,26,27)(H,28,29). The van der Waals surface area contributed by atoms with Gasteiger partial charge in [-0.1, -0.05) is 48.2 Å². The Morgan fingerprint density at radius 1 is 1.18 bits per heavy atom. The summed E-state index contributed by atoms with van der Waals surface area (Å²) in [4.78, 5) is 34.8. The molecule has 0 aliphatic heterocycles. The summed E-state index contributed by atoms with van der Waals surface area (Å²) in [6.07, 6.45) is 1.61. The van der Waals surface area contributed by atoms with Gasteiger partial charge in [0.15, 0.2) is 5.16 Å². The van der Waals surface area contributed by atoms with Crippen LogP contribution in [0.15, 0.2) is 53.7 Å². The first-order valence-electron chi connectivity index (χ1n) is 10.9. The number of para-hydroxylation sites is 2. The molecule has 0 saturated carbocycles. The Balaban J connectivity index is 1.43. The molecule has 4 aromatic rings. The van der Waals surface area contributed by atoms with Crippen LogP contribution in [0.25, 0.3) is 21.5 Å². The maximum atomic E-state index is 13.1. The van der Waals surface area contributed by atoms with Gasteiger partial charge in [0.1, 0.15) is 5.00 Å². The van der Waals surface area contributed by atoms with Gasteiger partial charge in [0.05, 0.1) is 28.5 Å². The number of aromatic amines is 1. The summed E-state index contributed by atoms with van der Waals surface area (Å²) in [6, 6.07) is 16.0. The van der Waals surface area contributed by atoms with E-state index in [9.17, 15) is 9.59 Å². The number of aryl methyl sites for hydroxylation is 1. The second kappa shape index (κ2) is 9.03. The number of nitrogens with one attached hydrogen (secondary N) is 2. The van der Waals surface area contributed by atoms with Gasteiger partial charge < -0.3 is 15.0 Å². The Hall–Kier alpha value is -3.10. The SMILES string of the molecule is CCOC(=O)c1c(NC(=O)C(C)Sc2nc3ccccc3[nH]2)sc2c1CCc1ccccc1-2. The molecule has 0 fully saturated rings. The highest BCUT2D eigenvalue weighted by atomic mass is 32.2. The third-order valence-corrected chi connectivity index (χ3v) is 7.82. The van der Waals surface area contributed by atoms with E-state index in [0.717, 1.165) is 39.9 Å². The molecule has 5 rings (SSSR count). The maximum absolute atomic E-state index is 13.1. The number of aromatic nitrogens is 2. The number of thiophene rings is 1. The number of hydrogen-bond donors (Lipinski definition) is 2. The van der Waals surface area contributed by atoms with E-state index in [2.05, 4.69) is 27.4 Å². The summed E-state index contributed by atoms with van der Waals surface area (Å²) in [5.74, 6) is -0.569. The van der Waals surface area contributed by atoms with Gasteiger partial charge in [0, 0.05) is 4.88 Å². The van der Waals surface area contributed by atoms with Gasteiger partial charge in [-0.05, 0) is 55.5 Å². The lowest BCUT2D eigenvalue weighted by atomic mass is 9.89. The van der Waals surface area contributed by atoms with E-state index in [4.69, 9.17) is 4.74 Å². The molecule has 8 heteroatoms. The van der Waals surface area contributed by atoms with Gasteiger partial charge in [-0.25, -0.2) is 9.78 Å². The lowest BCUT2D eigenvalue weighted by Crippen LogP contribution is -2.23. The Morgan fingerprint density at radius 3 is 2.79 bits per heavy atom. The van der Waals surface area contributed by atoms with Crippen molar-refractivity contribution in [2.45, 2.75) is 37.1 Å². The van der Waals surface area contributed by atoms with Crippen molar-refractivity contribution in [2.24, 2.45) is 0 Å². The lowest BCUT2D eigenvalue weighted by Gasteiger charge is -2.16. The Bertz CT molecular complexity index is 1330. The van der Waals surface area contributed by atoms with Gasteiger partial charge in [0.25, 0.3) is 0 Å². The van der Waals surface area contributed by atoms with Crippen molar-refractivity contribution >= 4 is 51.0 Å². The van der Waals surface area contributed by atoms with Crippen molar-refractivity contribution in [3.63, 3.8) is 0 Å². The zero-order chi connectivity index (χ0) is 22.9. The van der Waals surface area contributed by atoms with Crippen molar-refractivity contribution in [1.29, 1.82) is 0 Å². The number of ether oxygens (including phenoxy) is 1. The molecule has 1 atom stereocenters. The molecule has 2 heterocycles. The molecule has 1 aliphatic carbocycles. The monoisotopic (exact) mass is 477 g/mol. The summed E-state index contributed by atoms with van der Waals surface area (Å²) >= 11 is 2.80. The fourth-order valence-electron chi connectivity index (χ4n) is 4.07. The van der Waals surface area contributed by atoms with Crippen molar-refractivity contribution in [2.75, 3.05) is 11.9 Å². The number of fused-ring (bicyclic) bond motifs is 4. The quantitative estimate of drug-likeness (QED) is 0.275. The molecule has 2 aromatic heterocycles. The van der Waals surface area contributed by atoms with E-state index in [-0.39, 0.29) is 18.5 Å². The van der Waals surface area contributed by atoms with Crippen molar-refractivity contribution in [3.05, 3.63) is 65.2 Å². The number of carbonyl (C=O) groups excluding carboxylic acids is 2. The van der Waals surface area contributed by atoms with Crippen molar-refractivity contribution < 1.29 is 14.3 Å². The number of H-pyrrole nitrogens is 1. The van der Waals surface area contributed by atoms with Crippen LogP contribution in [0.1, 0.15) is 35.3 Å². The molecular formula is C25H23N3O3S2. The van der Waals surface area contributed by atoms with Gasteiger partial charge >= 0.3 is 5.97 Å². The number of amides is 1. The number of hydrogen-bond acceptors (Lipinski definition) is 6. The number of anilines is 1. The fourth-order valence-corrected chi connectivity index (χ4v) is 6.19. The van der Waals surface area contributed by atoms with Crippen LogP contribution in [0.2, 0.25) is 0 Å². The zero-order valence-corrected chi connectivity index (χ0v) is 19.9. The predicted molar refractivity (Wildman–Crippen MR) is 133 cm³/mol. The van der Waals surface area contributed by atoms with Gasteiger partial charge in [-0.2, -0.15) is 0 Å². The Labute approximate surface area is 199 Å². The predicted octanol–water partition coefficient (Wildman–Crippen LogP) is 5.69. The number of carbonyl (C=O) groups is 2. The molecule has 0 bridgehead atoms. The number of esters is 1. The minimum absolute atomic E-state index is 0.183. The molecule has 6 nitrogen and oxygen atoms in total. The van der Waals surface area contributed by atoms with Crippen molar-refractivity contribution in [1.82, 2.24) is 9.97 Å². The number of imidazole rings is 1. The van der Waals surface area contributed by atoms with Crippen LogP contribution in [0.4, 0.5) is 5.00 Å². The first kappa shape index (κ1) is 21.7. The normalized spacial score (nSPS) is 13.3. The van der Waals surface area contributed by atoms with E-state index < -0.39 is 5.25 Å². The summed E-state index contributed by atoms with van der Waals surface area (Å²) < 4.78 is 5.35. The van der Waals surface area contributed by atoms with Crippen LogP contribution in [0, 0.1) is 0 Å². The number of thioether (sulfide) groups is 1. The smallest absolute Gasteiger partial charge is 0.341 e. The van der Waals surface area contributed by atoms with Gasteiger partial charge in [-0.15, -0.1) is 11.3 Å². The van der Waals surface area contributed by atoms with Crippen LogP contribution in [0.3, 0.4) is 0 Å². The summed E-state index contributed by atoms with van der Waals surface area (Å²) in [7, 11) is 0. The molecular weight excluding hydrogens is 454 g/mol. The summed E-state index contributed by atoms with van der Waals surface area (Å²) in [6.45, 7) is 3.90. The molecule has 2 aromatic carbocycles. The average molecular weight is 478 g/mol. The number of benzene rings is 2. The molecule has 1 amide bonds. The highest BCUT2D eigenvalue weighted by molar-refractivity contribution is 8.00. The molecule has 2 N–H and O–H groups in total. The molecule has 0 saturated heterocycles. The second-order valence-electron chi connectivity index (χ2n) is 7.80. The van der Waals surface area contributed by atoms with Gasteiger partial charge in [-0.3, -0.25) is 4.79 Å². The Kier molecular flexibility index (Phi) is 5.95. The van der Waals surface area contributed by atoms with E-state index in [1.54, 1.807) is 6.92 Å². The van der Waals surface area contributed by atoms with Crippen LogP contribution in [-0.2, 0) is 22.4 Å². The van der Waals surface area contributed by atoms with Crippen LogP contribution in [0.5, 0.6) is 0 Å². The molecule has 0 radical (unpaired) electrons. The van der Waals surface area contributed by atoms with Gasteiger partial charge in [0.2, 0.25) is 5.91 Å². The van der Waals surface area contributed by atoms with Crippen LogP contribution >= 0.6 is 23.1 Å². The summed E-state index contributed by atoms with van der Waals surface area (Å²) in [5, 5.41) is 3.83. The largest absolute Gasteiger partial charge is 0.462 e. The number of rotatable bonds is 6. The molecule has 1 aliphatic rings. The third-order valence-electron chi connectivity index (χ3n) is 5.65. The molecule has 33 heavy (non-hydrogen) atoms. The van der Waals surface area contributed by atoms with E-state index in [0.29, 0.717) is 15.7 Å². The first-order chi connectivity index (χ1) is 16.0. The first-order valence-corrected chi connectivity index (χ1v) is 12.6. The Morgan fingerprint density at radius 2 is 1.97 bits per heavy atom. The summed E-state index contributed by atoms with van der Waals surface area (Å²) in [5.41, 5.74) is 5.63. The molecule has 0 spiro atoms. The maximum Gasteiger partial charge on any atom is 0.341 e. The highest BCUT2D eigenvalue weighted by Crippen LogP contribution is 2.45. The number of nitrogens with zero attached hydrogens (tertiary/aromatic N) is 1. The molecule has 168 valence electrons. The highest BCUT2D eigenvalue weighted by Gasteiger charge is 2.30. The van der Waals surface area contributed by atoms with E-state index in [1.807, 2.05) is 43.3 Å². The van der Waals surface area contributed by atoms with Crippen LogP contribution < -0.4 is 5.32 Å².